The Morgan fingerprint density at radius 1 is 1.10 bits per heavy atom. The normalized spacial score (nSPS) is 16.2. The predicted molar refractivity (Wildman–Crippen MR) is 121 cm³/mol. The fraction of sp³-hybridized carbons (Fsp3) is 0.400. The number of nitrogens with zero attached hydrogens (tertiary/aromatic N) is 2. The molecular weight excluding hydrogens is 390 g/mol. The molecule has 0 radical (unpaired) electrons. The van der Waals surface area contributed by atoms with E-state index in [0.717, 1.165) is 18.4 Å². The highest BCUT2D eigenvalue weighted by atomic mass is 16.2. The van der Waals surface area contributed by atoms with Crippen LogP contribution in [-0.4, -0.2) is 46.7 Å². The lowest BCUT2D eigenvalue weighted by Gasteiger charge is -2.38. The lowest BCUT2D eigenvalue weighted by atomic mass is 9.90. The molecule has 1 aliphatic rings. The summed E-state index contributed by atoms with van der Waals surface area (Å²) in [7, 11) is 0. The molecule has 0 fully saturated rings. The number of nitrogens with one attached hydrogen (secondary N) is 1. The van der Waals surface area contributed by atoms with E-state index in [1.165, 1.54) is 5.56 Å². The summed E-state index contributed by atoms with van der Waals surface area (Å²) < 4.78 is 0. The molecule has 1 heterocycles. The fourth-order valence-electron chi connectivity index (χ4n) is 4.22. The van der Waals surface area contributed by atoms with E-state index in [2.05, 4.69) is 11.4 Å². The Labute approximate surface area is 184 Å². The Hall–Kier alpha value is -3.15. The average molecular weight is 422 g/mol. The van der Waals surface area contributed by atoms with Gasteiger partial charge in [-0.05, 0) is 43.0 Å². The standard InChI is InChI=1S/C25H31N3O3/c1-4-15-27(18(2)25(31)26-21-11-6-5-7-12-21)24(30)17-23-22-13-9-8-10-20(22)14-16-28(23)19(3)29/h5-13,18,23H,4,14-17H2,1-3H3,(H,26,31). The number of carbonyl (C=O) groups is 3. The van der Waals surface area contributed by atoms with Crippen molar-refractivity contribution in [1.82, 2.24) is 9.80 Å². The van der Waals surface area contributed by atoms with Crippen LogP contribution in [0.15, 0.2) is 54.6 Å². The van der Waals surface area contributed by atoms with Gasteiger partial charge in [0.15, 0.2) is 0 Å². The van der Waals surface area contributed by atoms with Crippen LogP contribution in [0.1, 0.15) is 50.8 Å². The van der Waals surface area contributed by atoms with Crippen molar-refractivity contribution in [3.63, 3.8) is 0 Å². The Morgan fingerprint density at radius 2 is 1.77 bits per heavy atom. The average Bonchev–Trinajstić information content (AvgIpc) is 2.77. The van der Waals surface area contributed by atoms with E-state index in [1.807, 2.05) is 55.5 Å². The zero-order valence-electron chi connectivity index (χ0n) is 18.5. The number of hydrogen-bond donors (Lipinski definition) is 1. The van der Waals surface area contributed by atoms with Crippen LogP contribution in [-0.2, 0) is 20.8 Å². The molecule has 6 nitrogen and oxygen atoms in total. The number of carbonyl (C=O) groups excluding carboxylic acids is 3. The third-order valence-electron chi connectivity index (χ3n) is 5.86. The van der Waals surface area contributed by atoms with Crippen molar-refractivity contribution in [2.75, 3.05) is 18.4 Å². The number of amides is 3. The highest BCUT2D eigenvalue weighted by Gasteiger charge is 2.34. The third-order valence-corrected chi connectivity index (χ3v) is 5.86. The van der Waals surface area contributed by atoms with Crippen LogP contribution in [0.3, 0.4) is 0 Å². The van der Waals surface area contributed by atoms with Gasteiger partial charge >= 0.3 is 0 Å². The van der Waals surface area contributed by atoms with E-state index < -0.39 is 6.04 Å². The van der Waals surface area contributed by atoms with Crippen molar-refractivity contribution in [1.29, 1.82) is 0 Å². The highest BCUT2D eigenvalue weighted by Crippen LogP contribution is 2.33. The highest BCUT2D eigenvalue weighted by molar-refractivity contribution is 5.97. The van der Waals surface area contributed by atoms with Gasteiger partial charge < -0.3 is 15.1 Å². The van der Waals surface area contributed by atoms with Gasteiger partial charge in [0.05, 0.1) is 12.5 Å². The van der Waals surface area contributed by atoms with Gasteiger partial charge in [-0.3, -0.25) is 14.4 Å². The zero-order chi connectivity index (χ0) is 22.4. The molecule has 0 aromatic heterocycles. The van der Waals surface area contributed by atoms with E-state index in [0.29, 0.717) is 18.8 Å². The first-order chi connectivity index (χ1) is 14.9. The molecule has 3 rings (SSSR count). The summed E-state index contributed by atoms with van der Waals surface area (Å²) in [4.78, 5) is 41.9. The van der Waals surface area contributed by atoms with Crippen LogP contribution in [0, 0.1) is 0 Å². The minimum Gasteiger partial charge on any atom is -0.335 e. The van der Waals surface area contributed by atoms with Crippen LogP contribution >= 0.6 is 0 Å². The lowest BCUT2D eigenvalue weighted by Crippen LogP contribution is -2.48. The zero-order valence-corrected chi connectivity index (χ0v) is 18.5. The monoisotopic (exact) mass is 421 g/mol. The van der Waals surface area contributed by atoms with Crippen LogP contribution in [0.25, 0.3) is 0 Å². The molecule has 3 amide bonds. The van der Waals surface area contributed by atoms with Gasteiger partial charge in [0.1, 0.15) is 6.04 Å². The Bertz CT molecular complexity index is 929. The Kier molecular flexibility index (Phi) is 7.45. The molecule has 2 atom stereocenters. The molecule has 1 aliphatic heterocycles. The molecule has 2 aromatic rings. The summed E-state index contributed by atoms with van der Waals surface area (Å²) in [6.45, 7) is 6.37. The van der Waals surface area contributed by atoms with Crippen LogP contribution in [0.5, 0.6) is 0 Å². The molecule has 0 saturated carbocycles. The van der Waals surface area contributed by atoms with Gasteiger partial charge in [0.2, 0.25) is 17.7 Å². The topological polar surface area (TPSA) is 69.7 Å². The van der Waals surface area contributed by atoms with Gasteiger partial charge in [0.25, 0.3) is 0 Å². The van der Waals surface area contributed by atoms with Crippen molar-refractivity contribution in [2.45, 2.75) is 52.1 Å². The predicted octanol–water partition coefficient (Wildman–Crippen LogP) is 3.79. The molecule has 0 spiro atoms. The largest absolute Gasteiger partial charge is 0.335 e. The van der Waals surface area contributed by atoms with E-state index in [1.54, 1.807) is 23.6 Å². The van der Waals surface area contributed by atoms with Crippen molar-refractivity contribution < 1.29 is 14.4 Å². The molecule has 0 saturated heterocycles. The van der Waals surface area contributed by atoms with Crippen LogP contribution in [0.4, 0.5) is 5.69 Å². The van der Waals surface area contributed by atoms with Crippen molar-refractivity contribution in [3.8, 4) is 0 Å². The first-order valence-corrected chi connectivity index (χ1v) is 10.9. The first-order valence-electron chi connectivity index (χ1n) is 10.9. The number of benzene rings is 2. The SMILES string of the molecule is CCCN(C(=O)CC1c2ccccc2CCN1C(C)=O)C(C)C(=O)Nc1ccccc1. The number of rotatable bonds is 7. The van der Waals surface area contributed by atoms with E-state index in [9.17, 15) is 14.4 Å². The Balaban J connectivity index is 1.79. The molecule has 2 unspecified atom stereocenters. The van der Waals surface area contributed by atoms with Crippen LogP contribution in [0.2, 0.25) is 0 Å². The van der Waals surface area contributed by atoms with Gasteiger partial charge in [0, 0.05) is 25.7 Å². The second-order valence-corrected chi connectivity index (χ2v) is 8.00. The van der Waals surface area contributed by atoms with Crippen molar-refractivity contribution in [3.05, 3.63) is 65.7 Å². The van der Waals surface area contributed by atoms with E-state index >= 15 is 0 Å². The number of anilines is 1. The molecule has 2 aromatic carbocycles. The maximum absolute atomic E-state index is 13.4. The van der Waals surface area contributed by atoms with E-state index in [-0.39, 0.29) is 30.2 Å². The summed E-state index contributed by atoms with van der Waals surface area (Å²) in [5.74, 6) is -0.379. The molecule has 31 heavy (non-hydrogen) atoms. The molecule has 164 valence electrons. The van der Waals surface area contributed by atoms with Gasteiger partial charge in [-0.15, -0.1) is 0 Å². The number of para-hydroxylation sites is 1. The molecule has 0 bridgehead atoms. The van der Waals surface area contributed by atoms with Crippen molar-refractivity contribution >= 4 is 23.4 Å². The third kappa shape index (κ3) is 5.32. The minimum absolute atomic E-state index is 0.0378. The molecule has 0 aliphatic carbocycles. The quantitative estimate of drug-likeness (QED) is 0.740. The lowest BCUT2D eigenvalue weighted by molar-refractivity contribution is -0.141. The number of fused-ring (bicyclic) bond motifs is 1. The van der Waals surface area contributed by atoms with Crippen molar-refractivity contribution in [2.24, 2.45) is 0 Å². The van der Waals surface area contributed by atoms with E-state index in [4.69, 9.17) is 0 Å². The Morgan fingerprint density at radius 3 is 2.45 bits per heavy atom. The molecule has 1 N–H and O–H groups in total. The number of hydrogen-bond acceptors (Lipinski definition) is 3. The summed E-state index contributed by atoms with van der Waals surface area (Å²) in [6, 6.07) is 16.3. The molecule has 6 heteroatoms. The maximum Gasteiger partial charge on any atom is 0.246 e. The smallest absolute Gasteiger partial charge is 0.246 e. The first kappa shape index (κ1) is 22.5. The van der Waals surface area contributed by atoms with Crippen LogP contribution < -0.4 is 5.32 Å². The summed E-state index contributed by atoms with van der Waals surface area (Å²) in [6.07, 6.45) is 1.70. The summed E-state index contributed by atoms with van der Waals surface area (Å²) in [5, 5.41) is 2.88. The second kappa shape index (κ2) is 10.2. The minimum atomic E-state index is -0.614. The van der Waals surface area contributed by atoms with Gasteiger partial charge in [-0.1, -0.05) is 49.4 Å². The fourth-order valence-corrected chi connectivity index (χ4v) is 4.22. The molecular formula is C25H31N3O3. The summed E-state index contributed by atoms with van der Waals surface area (Å²) in [5.41, 5.74) is 2.90. The maximum atomic E-state index is 13.4. The van der Waals surface area contributed by atoms with Gasteiger partial charge in [-0.25, -0.2) is 0 Å². The van der Waals surface area contributed by atoms with Gasteiger partial charge in [-0.2, -0.15) is 0 Å². The second-order valence-electron chi connectivity index (χ2n) is 8.00. The summed E-state index contributed by atoms with van der Waals surface area (Å²) >= 11 is 0.